The zero-order valence-corrected chi connectivity index (χ0v) is 10.9. The summed E-state index contributed by atoms with van der Waals surface area (Å²) in [7, 11) is 0. The van der Waals surface area contributed by atoms with Crippen molar-refractivity contribution in [3.8, 4) is 0 Å². The van der Waals surface area contributed by atoms with Gasteiger partial charge in [0.15, 0.2) is 0 Å². The maximum atomic E-state index is 12.2. The summed E-state index contributed by atoms with van der Waals surface area (Å²) in [6.45, 7) is 5.46. The van der Waals surface area contributed by atoms with E-state index in [1.165, 1.54) is 16.9 Å². The first-order valence-corrected chi connectivity index (χ1v) is 6.19. The number of hydrogen-bond acceptors (Lipinski definition) is 5. The molecule has 2 atom stereocenters. The van der Waals surface area contributed by atoms with Crippen LogP contribution in [0.4, 0.5) is 5.82 Å². The van der Waals surface area contributed by atoms with Crippen molar-refractivity contribution in [3.63, 3.8) is 0 Å². The average molecular weight is 267 g/mol. The van der Waals surface area contributed by atoms with Gasteiger partial charge in [-0.1, -0.05) is 0 Å². The van der Waals surface area contributed by atoms with Gasteiger partial charge in [-0.3, -0.25) is 4.79 Å². The van der Waals surface area contributed by atoms with Gasteiger partial charge in [-0.15, -0.1) is 0 Å². The fraction of sp³-hybridized carbons (Fsp3) is 0.636. The molecule has 1 N–H and O–H groups in total. The number of carbonyl (C=O) groups excluding carboxylic acids is 1. The monoisotopic (exact) mass is 267 g/mol. The first-order valence-electron chi connectivity index (χ1n) is 6.19. The summed E-state index contributed by atoms with van der Waals surface area (Å²) >= 11 is 0. The van der Waals surface area contributed by atoms with Crippen LogP contribution < -0.4 is 5.32 Å². The van der Waals surface area contributed by atoms with Gasteiger partial charge in [-0.05, 0) is 18.8 Å². The van der Waals surface area contributed by atoms with Crippen LogP contribution in [-0.4, -0.2) is 50.7 Å². The number of hydrogen-bond donors (Lipinski definition) is 1. The maximum absolute atomic E-state index is 12.2. The molecule has 104 valence electrons. The molecule has 1 aromatic rings. The van der Waals surface area contributed by atoms with E-state index in [-0.39, 0.29) is 30.4 Å². The molecule has 1 fully saturated rings. The molecule has 2 heterocycles. The molecule has 1 aliphatic rings. The summed E-state index contributed by atoms with van der Waals surface area (Å²) in [5, 5.41) is 17.6. The zero-order valence-electron chi connectivity index (χ0n) is 10.9. The lowest BCUT2D eigenvalue weighted by Gasteiger charge is -2.38. The van der Waals surface area contributed by atoms with E-state index in [1.807, 2.05) is 13.8 Å². The molecular weight excluding hydrogens is 250 g/mol. The Labute approximate surface area is 110 Å². The molecule has 8 heteroatoms. The molecule has 0 bridgehead atoms. The zero-order chi connectivity index (χ0) is 14.0. The predicted molar refractivity (Wildman–Crippen MR) is 67.5 cm³/mol. The number of nitrogens with zero attached hydrogens (tertiary/aromatic N) is 4. The highest BCUT2D eigenvalue weighted by Gasteiger charge is 2.28. The van der Waals surface area contributed by atoms with E-state index in [4.69, 9.17) is 0 Å². The van der Waals surface area contributed by atoms with Gasteiger partial charge >= 0.3 is 5.82 Å². The van der Waals surface area contributed by atoms with Crippen molar-refractivity contribution in [2.24, 2.45) is 0 Å². The Hall–Kier alpha value is -1.96. The normalized spacial score (nSPS) is 23.4. The Balaban J connectivity index is 2.01. The van der Waals surface area contributed by atoms with Gasteiger partial charge in [-0.2, -0.15) is 4.68 Å². The summed E-state index contributed by atoms with van der Waals surface area (Å²) < 4.78 is 1.31. The molecule has 1 aromatic heterocycles. The van der Waals surface area contributed by atoms with E-state index in [9.17, 15) is 14.9 Å². The van der Waals surface area contributed by atoms with Crippen molar-refractivity contribution in [2.45, 2.75) is 32.5 Å². The molecule has 1 saturated heterocycles. The summed E-state index contributed by atoms with van der Waals surface area (Å²) in [5.41, 5.74) is 0. The van der Waals surface area contributed by atoms with Crippen molar-refractivity contribution >= 4 is 11.7 Å². The summed E-state index contributed by atoms with van der Waals surface area (Å²) in [5.74, 6) is -0.312. The van der Waals surface area contributed by atoms with Crippen molar-refractivity contribution in [1.29, 1.82) is 0 Å². The van der Waals surface area contributed by atoms with Crippen LogP contribution in [0.2, 0.25) is 0 Å². The second-order valence-corrected chi connectivity index (χ2v) is 4.70. The minimum Gasteiger partial charge on any atom is -0.358 e. The lowest BCUT2D eigenvalue weighted by Crippen LogP contribution is -2.57. The molecule has 0 spiro atoms. The summed E-state index contributed by atoms with van der Waals surface area (Å²) in [4.78, 5) is 23.9. The Bertz CT molecular complexity index is 486. The fourth-order valence-electron chi connectivity index (χ4n) is 2.17. The quantitative estimate of drug-likeness (QED) is 0.614. The highest BCUT2D eigenvalue weighted by atomic mass is 16.6. The molecule has 19 heavy (non-hydrogen) atoms. The molecule has 0 aromatic carbocycles. The number of aromatic nitrogens is 2. The number of rotatable bonds is 3. The third-order valence-corrected chi connectivity index (χ3v) is 3.47. The molecular formula is C11H17N5O3. The average Bonchev–Trinajstić information content (AvgIpc) is 2.81. The van der Waals surface area contributed by atoms with Crippen LogP contribution in [-0.2, 0) is 11.3 Å². The van der Waals surface area contributed by atoms with Gasteiger partial charge in [0.2, 0.25) is 5.91 Å². The molecule has 0 aliphatic carbocycles. The third kappa shape index (κ3) is 2.90. The van der Waals surface area contributed by atoms with Crippen LogP contribution in [0.25, 0.3) is 0 Å². The Morgan fingerprint density at radius 2 is 2.37 bits per heavy atom. The Morgan fingerprint density at radius 1 is 1.63 bits per heavy atom. The Kier molecular flexibility index (Phi) is 3.79. The van der Waals surface area contributed by atoms with Gasteiger partial charge in [0.25, 0.3) is 0 Å². The molecule has 2 unspecified atom stereocenters. The number of piperazine rings is 1. The lowest BCUT2D eigenvalue weighted by atomic mass is 10.1. The number of nitrogens with one attached hydrogen (secondary N) is 1. The van der Waals surface area contributed by atoms with Crippen molar-refractivity contribution in [3.05, 3.63) is 22.4 Å². The van der Waals surface area contributed by atoms with E-state index in [0.29, 0.717) is 6.54 Å². The standard InChI is InChI=1S/C11H17N5O3/c1-8-9(2)15(6-4-12-8)11(17)7-14-5-3-10(13-14)16(18)19/h3,5,8-9,12H,4,6-7H2,1-2H3. The van der Waals surface area contributed by atoms with E-state index in [0.717, 1.165) is 6.54 Å². The van der Waals surface area contributed by atoms with Crippen molar-refractivity contribution in [2.75, 3.05) is 13.1 Å². The van der Waals surface area contributed by atoms with Gasteiger partial charge in [0.1, 0.15) is 6.54 Å². The minimum absolute atomic E-state index is 0.0326. The largest absolute Gasteiger partial charge is 0.389 e. The van der Waals surface area contributed by atoms with E-state index in [1.54, 1.807) is 4.90 Å². The first kappa shape index (κ1) is 13.5. The fourth-order valence-corrected chi connectivity index (χ4v) is 2.17. The van der Waals surface area contributed by atoms with Gasteiger partial charge < -0.3 is 20.3 Å². The maximum Gasteiger partial charge on any atom is 0.389 e. The van der Waals surface area contributed by atoms with Crippen LogP contribution in [0.15, 0.2) is 12.3 Å². The van der Waals surface area contributed by atoms with Crippen molar-refractivity contribution in [1.82, 2.24) is 20.0 Å². The second kappa shape index (κ2) is 5.35. The second-order valence-electron chi connectivity index (χ2n) is 4.70. The summed E-state index contributed by atoms with van der Waals surface area (Å²) in [6, 6.07) is 1.63. The molecule has 1 amide bonds. The van der Waals surface area contributed by atoms with Gasteiger partial charge in [0, 0.05) is 25.2 Å². The molecule has 2 rings (SSSR count). The van der Waals surface area contributed by atoms with Crippen LogP contribution >= 0.6 is 0 Å². The topological polar surface area (TPSA) is 93.3 Å². The smallest absolute Gasteiger partial charge is 0.358 e. The lowest BCUT2D eigenvalue weighted by molar-refractivity contribution is -0.389. The first-order chi connectivity index (χ1) is 8.99. The third-order valence-electron chi connectivity index (χ3n) is 3.47. The van der Waals surface area contributed by atoms with E-state index < -0.39 is 4.92 Å². The SMILES string of the molecule is CC1NCCN(C(=O)Cn2ccc([N+](=O)[O-])n2)C1C. The number of carbonyl (C=O) groups is 1. The molecule has 0 radical (unpaired) electrons. The number of nitro groups is 1. The van der Waals surface area contributed by atoms with E-state index in [2.05, 4.69) is 10.4 Å². The van der Waals surface area contributed by atoms with Crippen LogP contribution in [0.1, 0.15) is 13.8 Å². The van der Waals surface area contributed by atoms with Gasteiger partial charge in [0.05, 0.1) is 17.4 Å². The highest BCUT2D eigenvalue weighted by Crippen LogP contribution is 2.11. The van der Waals surface area contributed by atoms with Crippen LogP contribution in [0, 0.1) is 10.1 Å². The molecule has 0 saturated carbocycles. The van der Waals surface area contributed by atoms with E-state index >= 15 is 0 Å². The molecule has 1 aliphatic heterocycles. The van der Waals surface area contributed by atoms with Crippen LogP contribution in [0.5, 0.6) is 0 Å². The van der Waals surface area contributed by atoms with Gasteiger partial charge in [-0.25, -0.2) is 0 Å². The predicted octanol–water partition coefficient (Wildman–Crippen LogP) is 0.0001000. The summed E-state index contributed by atoms with van der Waals surface area (Å²) in [6.07, 6.45) is 1.45. The van der Waals surface area contributed by atoms with Crippen molar-refractivity contribution < 1.29 is 9.72 Å². The number of amides is 1. The minimum atomic E-state index is -0.573. The highest BCUT2D eigenvalue weighted by molar-refractivity contribution is 5.76. The Morgan fingerprint density at radius 3 is 3.00 bits per heavy atom. The molecule has 8 nitrogen and oxygen atoms in total. The van der Waals surface area contributed by atoms with Crippen LogP contribution in [0.3, 0.4) is 0 Å².